The lowest BCUT2D eigenvalue weighted by Gasteiger charge is -2.33. The number of aromatic nitrogens is 1. The third-order valence-corrected chi connectivity index (χ3v) is 4.08. The molecule has 1 aromatic carbocycles. The van der Waals surface area contributed by atoms with E-state index in [0.29, 0.717) is 6.61 Å². The minimum atomic E-state index is -2.81. The van der Waals surface area contributed by atoms with Crippen molar-refractivity contribution in [2.75, 3.05) is 19.7 Å². The molecule has 130 valence electrons. The Morgan fingerprint density at radius 2 is 2.12 bits per heavy atom. The van der Waals surface area contributed by atoms with Gasteiger partial charge in [0, 0.05) is 25.2 Å². The van der Waals surface area contributed by atoms with E-state index in [1.165, 1.54) is 0 Å². The van der Waals surface area contributed by atoms with Crippen LogP contribution in [0, 0.1) is 0 Å². The van der Waals surface area contributed by atoms with Crippen molar-refractivity contribution in [1.29, 1.82) is 0 Å². The molecule has 1 saturated heterocycles. The van der Waals surface area contributed by atoms with E-state index >= 15 is 0 Å². The topological polar surface area (TPSA) is 47.7 Å². The molecule has 0 aliphatic carbocycles. The Labute approximate surface area is 139 Å². The fourth-order valence-electron chi connectivity index (χ4n) is 2.85. The van der Waals surface area contributed by atoms with E-state index in [4.69, 9.17) is 9.26 Å². The third-order valence-electron chi connectivity index (χ3n) is 4.08. The van der Waals surface area contributed by atoms with Crippen LogP contribution >= 0.6 is 0 Å². The molecular formula is C17H20F2N2O3. The van der Waals surface area contributed by atoms with Crippen LogP contribution in [-0.2, 0) is 17.7 Å². The summed E-state index contributed by atoms with van der Waals surface area (Å²) in [6.45, 7) is 2.17. The van der Waals surface area contributed by atoms with E-state index in [1.807, 2.05) is 6.92 Å². The summed E-state index contributed by atoms with van der Waals surface area (Å²) in [6, 6.07) is 6.61. The number of hydrogen-bond acceptors (Lipinski definition) is 5. The van der Waals surface area contributed by atoms with Gasteiger partial charge in [0.15, 0.2) is 0 Å². The molecule has 1 aliphatic heterocycles. The van der Waals surface area contributed by atoms with Crippen LogP contribution in [0.15, 0.2) is 35.1 Å². The molecule has 0 spiro atoms. The van der Waals surface area contributed by atoms with Gasteiger partial charge in [0.05, 0.1) is 18.4 Å². The zero-order valence-electron chi connectivity index (χ0n) is 13.5. The van der Waals surface area contributed by atoms with E-state index < -0.39 is 6.61 Å². The monoisotopic (exact) mass is 338 g/mol. The van der Waals surface area contributed by atoms with Crippen molar-refractivity contribution in [2.24, 2.45) is 0 Å². The normalized spacial score (nSPS) is 18.9. The summed E-state index contributed by atoms with van der Waals surface area (Å²) in [6.07, 6.45) is 2.44. The molecule has 7 heteroatoms. The molecule has 24 heavy (non-hydrogen) atoms. The highest BCUT2D eigenvalue weighted by Crippen LogP contribution is 2.26. The zero-order chi connectivity index (χ0) is 16.9. The van der Waals surface area contributed by atoms with Crippen LogP contribution in [0.25, 0.3) is 0 Å². The first kappa shape index (κ1) is 16.9. The van der Waals surface area contributed by atoms with Gasteiger partial charge in [0.1, 0.15) is 12.0 Å². The summed E-state index contributed by atoms with van der Waals surface area (Å²) in [5.41, 5.74) is 3.02. The summed E-state index contributed by atoms with van der Waals surface area (Å²) < 4.78 is 39.6. The zero-order valence-corrected chi connectivity index (χ0v) is 13.5. The Bertz CT molecular complexity index is 646. The molecule has 1 atom stereocenters. The molecule has 1 unspecified atom stereocenters. The Balaban J connectivity index is 1.62. The molecule has 3 rings (SSSR count). The number of nitrogens with zero attached hydrogens (tertiary/aromatic N) is 2. The molecule has 0 bridgehead atoms. The van der Waals surface area contributed by atoms with Gasteiger partial charge >= 0.3 is 6.61 Å². The molecule has 2 aromatic rings. The van der Waals surface area contributed by atoms with Crippen LogP contribution < -0.4 is 4.74 Å². The highest BCUT2D eigenvalue weighted by molar-refractivity contribution is 5.29. The predicted octanol–water partition coefficient (Wildman–Crippen LogP) is 3.41. The number of aryl methyl sites for hydroxylation is 1. The number of alkyl halides is 2. The van der Waals surface area contributed by atoms with Crippen molar-refractivity contribution < 1.29 is 22.8 Å². The van der Waals surface area contributed by atoms with Gasteiger partial charge in [-0.1, -0.05) is 24.2 Å². The number of halogens is 2. The quantitative estimate of drug-likeness (QED) is 0.808. The Hall–Kier alpha value is -1.99. The second-order valence-electron chi connectivity index (χ2n) is 5.68. The lowest BCUT2D eigenvalue weighted by Crippen LogP contribution is -2.37. The van der Waals surface area contributed by atoms with Gasteiger partial charge in [0.25, 0.3) is 0 Å². The second-order valence-corrected chi connectivity index (χ2v) is 5.68. The lowest BCUT2D eigenvalue weighted by atomic mass is 10.1. The molecular weight excluding hydrogens is 318 g/mol. The predicted molar refractivity (Wildman–Crippen MR) is 82.9 cm³/mol. The van der Waals surface area contributed by atoms with Crippen LogP contribution in [0.5, 0.6) is 5.75 Å². The largest absolute Gasteiger partial charge is 0.435 e. The van der Waals surface area contributed by atoms with Crippen LogP contribution in [0.2, 0.25) is 0 Å². The highest BCUT2D eigenvalue weighted by Gasteiger charge is 2.23. The molecule has 0 amide bonds. The highest BCUT2D eigenvalue weighted by atomic mass is 19.3. The molecule has 2 heterocycles. The van der Waals surface area contributed by atoms with Crippen molar-refractivity contribution in [2.45, 2.75) is 32.6 Å². The average molecular weight is 338 g/mol. The van der Waals surface area contributed by atoms with E-state index in [-0.39, 0.29) is 11.9 Å². The molecule has 1 aromatic heterocycles. The van der Waals surface area contributed by atoms with Crippen molar-refractivity contribution in [3.05, 3.63) is 47.3 Å². The SMILES string of the molecule is CCc1nocc1CN1CCOC(c2ccc(OC(F)F)cc2)C1. The first-order valence-corrected chi connectivity index (χ1v) is 7.96. The van der Waals surface area contributed by atoms with Crippen molar-refractivity contribution in [3.63, 3.8) is 0 Å². The number of benzene rings is 1. The number of hydrogen-bond donors (Lipinski definition) is 0. The average Bonchev–Trinajstić information content (AvgIpc) is 3.02. The Morgan fingerprint density at radius 3 is 2.83 bits per heavy atom. The maximum absolute atomic E-state index is 12.2. The summed E-state index contributed by atoms with van der Waals surface area (Å²) >= 11 is 0. The van der Waals surface area contributed by atoms with Crippen molar-refractivity contribution in [3.8, 4) is 5.75 Å². The van der Waals surface area contributed by atoms with Gasteiger partial charge in [-0.05, 0) is 24.1 Å². The van der Waals surface area contributed by atoms with Gasteiger partial charge < -0.3 is 14.0 Å². The fourth-order valence-corrected chi connectivity index (χ4v) is 2.85. The molecule has 5 nitrogen and oxygen atoms in total. The van der Waals surface area contributed by atoms with Gasteiger partial charge in [-0.3, -0.25) is 4.90 Å². The van der Waals surface area contributed by atoms with Gasteiger partial charge in [0.2, 0.25) is 0 Å². The Kier molecular flexibility index (Phi) is 5.42. The fraction of sp³-hybridized carbons (Fsp3) is 0.471. The molecule has 0 saturated carbocycles. The first-order chi connectivity index (χ1) is 11.7. The summed E-state index contributed by atoms with van der Waals surface area (Å²) in [7, 11) is 0. The maximum Gasteiger partial charge on any atom is 0.387 e. The Morgan fingerprint density at radius 1 is 1.33 bits per heavy atom. The van der Waals surface area contributed by atoms with Crippen LogP contribution in [0.4, 0.5) is 8.78 Å². The molecule has 0 N–H and O–H groups in total. The van der Waals surface area contributed by atoms with Gasteiger partial charge in [-0.2, -0.15) is 8.78 Å². The lowest BCUT2D eigenvalue weighted by molar-refractivity contribution is -0.0500. The number of rotatable bonds is 6. The first-order valence-electron chi connectivity index (χ1n) is 7.96. The molecule has 1 aliphatic rings. The van der Waals surface area contributed by atoms with E-state index in [0.717, 1.165) is 42.9 Å². The summed E-state index contributed by atoms with van der Waals surface area (Å²) in [4.78, 5) is 2.28. The third kappa shape index (κ3) is 4.10. The van der Waals surface area contributed by atoms with E-state index in [2.05, 4.69) is 14.8 Å². The number of morpholine rings is 1. The van der Waals surface area contributed by atoms with Gasteiger partial charge in [-0.25, -0.2) is 0 Å². The van der Waals surface area contributed by atoms with Crippen LogP contribution in [0.1, 0.15) is 29.8 Å². The van der Waals surface area contributed by atoms with Gasteiger partial charge in [-0.15, -0.1) is 0 Å². The van der Waals surface area contributed by atoms with Crippen LogP contribution in [-0.4, -0.2) is 36.4 Å². The van der Waals surface area contributed by atoms with Crippen LogP contribution in [0.3, 0.4) is 0 Å². The van der Waals surface area contributed by atoms with E-state index in [9.17, 15) is 8.78 Å². The molecule has 1 fully saturated rings. The number of ether oxygens (including phenoxy) is 2. The van der Waals surface area contributed by atoms with E-state index in [1.54, 1.807) is 30.5 Å². The minimum Gasteiger partial charge on any atom is -0.435 e. The van der Waals surface area contributed by atoms with Crippen molar-refractivity contribution in [1.82, 2.24) is 10.1 Å². The molecule has 0 radical (unpaired) electrons. The standard InChI is InChI=1S/C17H20F2N2O3/c1-2-15-13(11-23-20-15)9-21-7-8-22-16(10-21)12-3-5-14(6-4-12)24-17(18)19/h3-6,11,16-17H,2,7-10H2,1H3. The summed E-state index contributed by atoms with van der Waals surface area (Å²) in [5, 5.41) is 4.00. The van der Waals surface area contributed by atoms with Crippen molar-refractivity contribution >= 4 is 0 Å². The smallest absolute Gasteiger partial charge is 0.387 e. The second kappa shape index (κ2) is 7.72. The maximum atomic E-state index is 12.2. The summed E-state index contributed by atoms with van der Waals surface area (Å²) in [5.74, 6) is 0.151. The minimum absolute atomic E-state index is 0.0933.